The molecule has 7 rings (SSSR count). The Hall–Kier alpha value is -2.46. The number of fused-ring (bicyclic) bond motifs is 3. The van der Waals surface area contributed by atoms with Crippen molar-refractivity contribution >= 4 is 28.2 Å². The van der Waals surface area contributed by atoms with Crippen LogP contribution in [-0.4, -0.2) is 109 Å². The van der Waals surface area contributed by atoms with Gasteiger partial charge in [0, 0.05) is 68.7 Å². The fourth-order valence-corrected chi connectivity index (χ4v) is 9.68. The average molecular weight is 620 g/mol. The lowest BCUT2D eigenvalue weighted by molar-refractivity contribution is -0.137. The summed E-state index contributed by atoms with van der Waals surface area (Å²) in [6.45, 7) is 16.6. The van der Waals surface area contributed by atoms with Crippen LogP contribution in [0.5, 0.6) is 0 Å². The van der Waals surface area contributed by atoms with Gasteiger partial charge < -0.3 is 24.8 Å². The summed E-state index contributed by atoms with van der Waals surface area (Å²) in [5, 5.41) is 5.17. The minimum atomic E-state index is -0.527. The van der Waals surface area contributed by atoms with E-state index in [9.17, 15) is 9.59 Å². The molecule has 1 N–H and O–H groups in total. The average Bonchev–Trinajstić information content (AvgIpc) is 3.79. The summed E-state index contributed by atoms with van der Waals surface area (Å²) in [7, 11) is 0. The molecule has 4 fully saturated rings. The number of rotatable bonds is 7. The summed E-state index contributed by atoms with van der Waals surface area (Å²) < 4.78 is 5.42. The van der Waals surface area contributed by atoms with Gasteiger partial charge >= 0.3 is 0 Å². The number of amides is 2. The number of anilines is 1. The van der Waals surface area contributed by atoms with Crippen molar-refractivity contribution in [2.24, 2.45) is 0 Å². The lowest BCUT2D eigenvalue weighted by atomic mass is 9.85. The smallest absolute Gasteiger partial charge is 0.236 e. The van der Waals surface area contributed by atoms with Gasteiger partial charge in [0.25, 0.3) is 0 Å². The van der Waals surface area contributed by atoms with Gasteiger partial charge in [-0.3, -0.25) is 14.5 Å². The largest absolute Gasteiger partial charge is 0.378 e. The SMILES string of the molecule is Cc1cc(C)cc(C2Nc3sc(C(C)(C)C(=O)N4C5CCC4CC5)cc3C2CN2CCN(CC(=O)N3CCOCC3)CC2)c1. The molecule has 2 aromatic rings. The lowest BCUT2D eigenvalue weighted by Gasteiger charge is -2.37. The van der Waals surface area contributed by atoms with Crippen LogP contribution in [0.1, 0.15) is 78.6 Å². The number of hydrogen-bond acceptors (Lipinski definition) is 7. The van der Waals surface area contributed by atoms with E-state index in [1.807, 2.05) is 4.90 Å². The van der Waals surface area contributed by atoms with Gasteiger partial charge in [-0.15, -0.1) is 11.3 Å². The predicted molar refractivity (Wildman–Crippen MR) is 176 cm³/mol. The van der Waals surface area contributed by atoms with Crippen molar-refractivity contribution in [1.29, 1.82) is 0 Å². The van der Waals surface area contributed by atoms with Gasteiger partial charge in [-0.05, 0) is 70.6 Å². The summed E-state index contributed by atoms with van der Waals surface area (Å²) in [4.78, 5) is 37.1. The number of thiophene rings is 1. The normalized spacial score (nSPS) is 27.5. The lowest BCUT2D eigenvalue weighted by Crippen LogP contribution is -2.52. The van der Waals surface area contributed by atoms with E-state index in [1.54, 1.807) is 11.3 Å². The highest BCUT2D eigenvalue weighted by Gasteiger charge is 2.48. The molecule has 1 aromatic carbocycles. The van der Waals surface area contributed by atoms with Gasteiger partial charge in [0.2, 0.25) is 11.8 Å². The second kappa shape index (κ2) is 12.0. The van der Waals surface area contributed by atoms with Gasteiger partial charge in [0.05, 0.1) is 36.2 Å². The molecular weight excluding hydrogens is 570 g/mol. The van der Waals surface area contributed by atoms with Crippen molar-refractivity contribution in [1.82, 2.24) is 19.6 Å². The summed E-state index contributed by atoms with van der Waals surface area (Å²) >= 11 is 1.80. The van der Waals surface area contributed by atoms with Crippen LogP contribution in [0.3, 0.4) is 0 Å². The van der Waals surface area contributed by atoms with Crippen LogP contribution in [0.4, 0.5) is 5.00 Å². The molecule has 0 spiro atoms. The van der Waals surface area contributed by atoms with E-state index < -0.39 is 5.41 Å². The Morgan fingerprint density at radius 2 is 1.50 bits per heavy atom. The first-order valence-electron chi connectivity index (χ1n) is 16.8. The molecule has 4 saturated heterocycles. The van der Waals surface area contributed by atoms with Crippen molar-refractivity contribution in [2.45, 2.75) is 82.8 Å². The Bertz CT molecular complexity index is 1350. The van der Waals surface area contributed by atoms with Crippen molar-refractivity contribution in [3.05, 3.63) is 51.4 Å². The van der Waals surface area contributed by atoms with Crippen molar-refractivity contribution in [2.75, 3.05) is 70.9 Å². The minimum Gasteiger partial charge on any atom is -0.378 e. The summed E-state index contributed by atoms with van der Waals surface area (Å²) in [6.07, 6.45) is 4.68. The molecule has 0 radical (unpaired) electrons. The molecule has 6 heterocycles. The number of aryl methyl sites for hydroxylation is 2. The number of carbonyl (C=O) groups is 2. The van der Waals surface area contributed by atoms with Crippen molar-refractivity contribution in [3.63, 3.8) is 0 Å². The molecule has 2 unspecified atom stereocenters. The molecule has 5 aliphatic heterocycles. The van der Waals surface area contributed by atoms with Gasteiger partial charge in [-0.1, -0.05) is 29.3 Å². The van der Waals surface area contributed by atoms with Crippen LogP contribution in [0, 0.1) is 13.8 Å². The Kier molecular flexibility index (Phi) is 8.27. The third kappa shape index (κ3) is 5.70. The van der Waals surface area contributed by atoms with Gasteiger partial charge in [-0.25, -0.2) is 0 Å². The predicted octanol–water partition coefficient (Wildman–Crippen LogP) is 4.52. The zero-order chi connectivity index (χ0) is 30.6. The third-order valence-electron chi connectivity index (χ3n) is 10.9. The fourth-order valence-electron chi connectivity index (χ4n) is 8.42. The Morgan fingerprint density at radius 3 is 2.14 bits per heavy atom. The number of hydrogen-bond donors (Lipinski definition) is 1. The molecule has 8 nitrogen and oxygen atoms in total. The second-order valence-electron chi connectivity index (χ2n) is 14.4. The molecule has 1 aromatic heterocycles. The number of ether oxygens (including phenoxy) is 1. The molecule has 0 saturated carbocycles. The van der Waals surface area contributed by atoms with Crippen LogP contribution in [-0.2, 0) is 19.7 Å². The third-order valence-corrected chi connectivity index (χ3v) is 12.3. The van der Waals surface area contributed by atoms with E-state index in [2.05, 4.69) is 72.0 Å². The molecule has 2 bridgehead atoms. The summed E-state index contributed by atoms with van der Waals surface area (Å²) in [5.41, 5.74) is 4.77. The van der Waals surface area contributed by atoms with Crippen LogP contribution < -0.4 is 5.32 Å². The van der Waals surface area contributed by atoms with Gasteiger partial charge in [0.15, 0.2) is 0 Å². The van der Waals surface area contributed by atoms with Crippen LogP contribution in [0.25, 0.3) is 0 Å². The van der Waals surface area contributed by atoms with E-state index in [4.69, 9.17) is 4.74 Å². The first kappa shape index (κ1) is 30.2. The van der Waals surface area contributed by atoms with Crippen molar-refractivity contribution < 1.29 is 14.3 Å². The maximum Gasteiger partial charge on any atom is 0.236 e. The highest BCUT2D eigenvalue weighted by Crippen LogP contribution is 2.52. The molecule has 44 heavy (non-hydrogen) atoms. The number of carbonyl (C=O) groups excluding carboxylic acids is 2. The van der Waals surface area contributed by atoms with Gasteiger partial charge in [0.1, 0.15) is 0 Å². The van der Waals surface area contributed by atoms with Crippen molar-refractivity contribution in [3.8, 4) is 0 Å². The van der Waals surface area contributed by atoms with Crippen LogP contribution in [0.15, 0.2) is 24.3 Å². The fraction of sp³-hybridized carbons (Fsp3) is 0.657. The molecule has 9 heteroatoms. The Labute approximate surface area is 266 Å². The maximum atomic E-state index is 14.0. The first-order chi connectivity index (χ1) is 21.2. The summed E-state index contributed by atoms with van der Waals surface area (Å²) in [5.74, 6) is 0.838. The minimum absolute atomic E-state index is 0.207. The molecule has 238 valence electrons. The summed E-state index contributed by atoms with van der Waals surface area (Å²) in [6, 6.07) is 10.4. The monoisotopic (exact) mass is 619 g/mol. The molecule has 5 aliphatic rings. The highest BCUT2D eigenvalue weighted by atomic mass is 32.1. The molecular formula is C35H49N5O3S. The maximum absolute atomic E-state index is 14.0. The Balaban J connectivity index is 1.08. The van der Waals surface area contributed by atoms with Gasteiger partial charge in [-0.2, -0.15) is 0 Å². The topological polar surface area (TPSA) is 68.4 Å². The number of piperazine rings is 1. The van der Waals surface area contributed by atoms with Crippen LogP contribution in [0.2, 0.25) is 0 Å². The number of morpholine rings is 1. The van der Waals surface area contributed by atoms with Crippen LogP contribution >= 0.6 is 11.3 Å². The first-order valence-corrected chi connectivity index (χ1v) is 17.6. The van der Waals surface area contributed by atoms with E-state index in [1.165, 1.54) is 57.8 Å². The van der Waals surface area contributed by atoms with E-state index in [0.29, 0.717) is 56.8 Å². The number of benzene rings is 1. The van der Waals surface area contributed by atoms with E-state index in [-0.39, 0.29) is 11.9 Å². The zero-order valence-electron chi connectivity index (χ0n) is 26.9. The van der Waals surface area contributed by atoms with E-state index in [0.717, 1.165) is 32.7 Å². The Morgan fingerprint density at radius 1 is 0.886 bits per heavy atom. The quantitative estimate of drug-likeness (QED) is 0.492. The molecule has 0 aliphatic carbocycles. The second-order valence-corrected chi connectivity index (χ2v) is 15.5. The molecule has 2 atom stereocenters. The highest BCUT2D eigenvalue weighted by molar-refractivity contribution is 7.16. The van der Waals surface area contributed by atoms with E-state index >= 15 is 0 Å². The zero-order valence-corrected chi connectivity index (χ0v) is 27.8. The number of nitrogens with zero attached hydrogens (tertiary/aromatic N) is 4. The standard InChI is InChI=1S/C35H49N5O3S/c1-23-17-24(2)19-25(18-23)32-29(21-37-9-11-38(12-10-37)22-31(41)39-13-15-43-16-14-39)28-20-30(44-33(28)36-32)35(3,4)34(42)40-26-5-6-27(40)8-7-26/h17-20,26-27,29,32,36H,5-16,21-22H2,1-4H3. The number of nitrogens with one attached hydrogen (secondary N) is 1. The molecule has 2 amide bonds.